The summed E-state index contributed by atoms with van der Waals surface area (Å²) < 4.78 is 8.32. The van der Waals surface area contributed by atoms with Gasteiger partial charge in [-0.25, -0.2) is 4.79 Å². The largest absolute Gasteiger partial charge is 0.489 e. The fourth-order valence-corrected chi connectivity index (χ4v) is 7.07. The summed E-state index contributed by atoms with van der Waals surface area (Å²) in [5.74, 6) is 1.03. The minimum atomic E-state index is -0.383. The van der Waals surface area contributed by atoms with Crippen LogP contribution in [0.1, 0.15) is 36.5 Å². The number of hydrogen-bond acceptors (Lipinski definition) is 6. The van der Waals surface area contributed by atoms with Gasteiger partial charge in [-0.2, -0.15) is 10.1 Å². The number of aromatic nitrogens is 4. The molecule has 0 spiro atoms. The van der Waals surface area contributed by atoms with Crippen LogP contribution in [-0.4, -0.2) is 62.8 Å². The number of para-hydroxylation sites is 1. The van der Waals surface area contributed by atoms with Gasteiger partial charge in [0.2, 0.25) is 5.91 Å². The first-order valence-corrected chi connectivity index (χ1v) is 15.2. The Labute approximate surface area is 259 Å². The summed E-state index contributed by atoms with van der Waals surface area (Å²) in [5, 5.41) is 9.40. The molecule has 1 atom stereocenters. The minimum Gasteiger partial charge on any atom is -0.489 e. The Bertz CT molecular complexity index is 2060. The number of aromatic amines is 1. The summed E-state index contributed by atoms with van der Waals surface area (Å²) >= 11 is 7.32. The number of fused-ring (bicyclic) bond motifs is 3. The minimum absolute atomic E-state index is 0.135. The molecule has 0 aliphatic carbocycles. The van der Waals surface area contributed by atoms with E-state index in [2.05, 4.69) is 41.6 Å². The van der Waals surface area contributed by atoms with Crippen LogP contribution in [0.5, 0.6) is 5.75 Å². The molecule has 224 valence electrons. The molecule has 2 aliphatic rings. The zero-order chi connectivity index (χ0) is 30.9. The molecule has 9 nitrogen and oxygen atoms in total. The second-order valence-corrected chi connectivity index (χ2v) is 12.3. The van der Waals surface area contributed by atoms with Gasteiger partial charge in [-0.05, 0) is 60.2 Å². The lowest BCUT2D eigenvalue weighted by atomic mass is 9.94. The maximum Gasteiger partial charge on any atom is 0.354 e. The molecule has 7 rings (SSSR count). The number of benzene rings is 3. The van der Waals surface area contributed by atoms with E-state index in [-0.39, 0.29) is 30.2 Å². The Balaban J connectivity index is 1.59. The number of anilines is 1. The molecule has 1 fully saturated rings. The summed E-state index contributed by atoms with van der Waals surface area (Å²) in [6.07, 6.45) is 3.13. The van der Waals surface area contributed by atoms with Crippen LogP contribution >= 0.6 is 11.6 Å². The quantitative estimate of drug-likeness (QED) is 0.255. The zero-order valence-corrected chi connectivity index (χ0v) is 25.9. The molecule has 3 aromatic carbocycles. The molecule has 44 heavy (non-hydrogen) atoms. The van der Waals surface area contributed by atoms with Gasteiger partial charge < -0.3 is 14.5 Å². The van der Waals surface area contributed by atoms with E-state index < -0.39 is 0 Å². The summed E-state index contributed by atoms with van der Waals surface area (Å²) in [6.45, 7) is 13.6. The summed E-state index contributed by atoms with van der Waals surface area (Å²) in [4.78, 5) is 35.4. The number of H-pyrrole nitrogens is 1. The van der Waals surface area contributed by atoms with Gasteiger partial charge in [0, 0.05) is 30.6 Å². The standard InChI is InChI=1S/C34H33ClN6O3/c1-6-27(42)39-12-13-40-21(16-39)17-44-32-29-26(14-23(30(32)35)28-19(4)10-11-25-24(28)15-36-38-25)41(34(43)37-33(29)40)31-20(5)8-7-9-22(31)18(2)3/h6-11,14-15,18,21H,1,12-13,16-17H2,2-5H3,(H,36,38). The van der Waals surface area contributed by atoms with Crippen LogP contribution in [0.4, 0.5) is 5.82 Å². The van der Waals surface area contributed by atoms with Crippen molar-refractivity contribution in [3.8, 4) is 22.6 Å². The van der Waals surface area contributed by atoms with E-state index in [1.54, 1.807) is 15.7 Å². The Morgan fingerprint density at radius 3 is 2.77 bits per heavy atom. The van der Waals surface area contributed by atoms with E-state index in [4.69, 9.17) is 21.3 Å². The van der Waals surface area contributed by atoms with Crippen LogP contribution < -0.4 is 15.3 Å². The average Bonchev–Trinajstić information content (AvgIpc) is 3.42. The van der Waals surface area contributed by atoms with E-state index in [1.165, 1.54) is 6.08 Å². The highest BCUT2D eigenvalue weighted by molar-refractivity contribution is 6.37. The van der Waals surface area contributed by atoms with Crippen molar-refractivity contribution in [2.75, 3.05) is 31.1 Å². The van der Waals surface area contributed by atoms with Gasteiger partial charge in [-0.15, -0.1) is 0 Å². The normalized spacial score (nSPS) is 16.3. The first-order valence-electron chi connectivity index (χ1n) is 14.8. The van der Waals surface area contributed by atoms with Gasteiger partial charge in [-0.3, -0.25) is 14.5 Å². The molecule has 2 aliphatic heterocycles. The molecule has 10 heteroatoms. The lowest BCUT2D eigenvalue weighted by molar-refractivity contribution is -0.126. The number of nitrogens with zero attached hydrogens (tertiary/aromatic N) is 5. The van der Waals surface area contributed by atoms with Gasteiger partial charge in [-0.1, -0.05) is 56.3 Å². The predicted molar refractivity (Wildman–Crippen MR) is 174 cm³/mol. The van der Waals surface area contributed by atoms with Gasteiger partial charge >= 0.3 is 5.69 Å². The average molecular weight is 609 g/mol. The Kier molecular flexibility index (Phi) is 6.73. The Hall–Kier alpha value is -4.63. The number of piperazine rings is 1. The van der Waals surface area contributed by atoms with Crippen molar-refractivity contribution >= 4 is 45.1 Å². The molecule has 1 unspecified atom stereocenters. The number of hydrogen-bond donors (Lipinski definition) is 1. The number of rotatable bonds is 4. The van der Waals surface area contributed by atoms with E-state index in [0.717, 1.165) is 44.4 Å². The smallest absolute Gasteiger partial charge is 0.354 e. The second kappa shape index (κ2) is 10.5. The highest BCUT2D eigenvalue weighted by Crippen LogP contribution is 2.48. The molecule has 0 bridgehead atoms. The monoisotopic (exact) mass is 608 g/mol. The maximum absolute atomic E-state index is 14.3. The fraction of sp³-hybridized carbons (Fsp3) is 0.294. The van der Waals surface area contributed by atoms with Crippen molar-refractivity contribution < 1.29 is 9.53 Å². The molecule has 1 N–H and O–H groups in total. The van der Waals surface area contributed by atoms with Gasteiger partial charge in [0.05, 0.1) is 39.4 Å². The molecular weight excluding hydrogens is 576 g/mol. The number of aryl methyl sites for hydroxylation is 2. The molecule has 0 radical (unpaired) electrons. The molecule has 1 saturated heterocycles. The van der Waals surface area contributed by atoms with Crippen molar-refractivity contribution in [3.05, 3.63) is 87.4 Å². The molecule has 5 aromatic rings. The van der Waals surface area contributed by atoms with Crippen LogP contribution in [0.25, 0.3) is 38.6 Å². The molecule has 1 amide bonds. The summed E-state index contributed by atoms with van der Waals surface area (Å²) in [6, 6.07) is 11.9. The van der Waals surface area contributed by atoms with E-state index in [9.17, 15) is 9.59 Å². The molecule has 4 heterocycles. The highest BCUT2D eigenvalue weighted by atomic mass is 35.5. The van der Waals surface area contributed by atoms with E-state index >= 15 is 0 Å². The molecule has 0 saturated carbocycles. The molecule has 2 aromatic heterocycles. The van der Waals surface area contributed by atoms with Crippen molar-refractivity contribution in [3.63, 3.8) is 0 Å². The lowest BCUT2D eigenvalue weighted by Crippen LogP contribution is -2.56. The van der Waals surface area contributed by atoms with Crippen LogP contribution in [0.2, 0.25) is 5.02 Å². The number of carbonyl (C=O) groups excluding carboxylic acids is 1. The van der Waals surface area contributed by atoms with Crippen LogP contribution in [0, 0.1) is 13.8 Å². The predicted octanol–water partition coefficient (Wildman–Crippen LogP) is 5.92. The Morgan fingerprint density at radius 1 is 1.18 bits per heavy atom. The fourth-order valence-electron chi connectivity index (χ4n) is 6.78. The number of halogens is 1. The second-order valence-electron chi connectivity index (χ2n) is 11.9. The SMILES string of the molecule is C=CC(=O)N1CCN2c3nc(=O)n(-c4c(C)cccc4C(C)C)c4cc(-c5c(C)ccc6[nH]ncc56)c(Cl)c(c34)OCC2C1. The first-order chi connectivity index (χ1) is 21.2. The third kappa shape index (κ3) is 4.21. The third-order valence-corrected chi connectivity index (χ3v) is 9.31. The van der Waals surface area contributed by atoms with Crippen molar-refractivity contribution in [1.29, 1.82) is 0 Å². The van der Waals surface area contributed by atoms with Crippen molar-refractivity contribution in [2.45, 2.75) is 39.7 Å². The van der Waals surface area contributed by atoms with Crippen LogP contribution in [0.3, 0.4) is 0 Å². The van der Waals surface area contributed by atoms with Crippen molar-refractivity contribution in [2.24, 2.45) is 0 Å². The van der Waals surface area contributed by atoms with Gasteiger partial charge in [0.25, 0.3) is 0 Å². The van der Waals surface area contributed by atoms with E-state index in [1.807, 2.05) is 44.2 Å². The number of amides is 1. The Morgan fingerprint density at radius 2 is 2.00 bits per heavy atom. The maximum atomic E-state index is 14.3. The van der Waals surface area contributed by atoms with Gasteiger partial charge in [0.15, 0.2) is 5.75 Å². The van der Waals surface area contributed by atoms with Gasteiger partial charge in [0.1, 0.15) is 12.4 Å². The highest BCUT2D eigenvalue weighted by Gasteiger charge is 2.37. The lowest BCUT2D eigenvalue weighted by Gasteiger charge is -2.40. The van der Waals surface area contributed by atoms with Crippen molar-refractivity contribution in [1.82, 2.24) is 24.6 Å². The first kappa shape index (κ1) is 28.2. The number of carbonyl (C=O) groups is 1. The topological polar surface area (TPSA) is 96.4 Å². The van der Waals surface area contributed by atoms with Crippen LogP contribution in [-0.2, 0) is 4.79 Å². The third-order valence-electron chi connectivity index (χ3n) is 8.93. The number of ether oxygens (including phenoxy) is 1. The molecular formula is C34H33ClN6O3. The number of nitrogens with one attached hydrogen (secondary N) is 1. The van der Waals surface area contributed by atoms with E-state index in [0.29, 0.717) is 47.1 Å². The zero-order valence-electron chi connectivity index (χ0n) is 25.1. The summed E-state index contributed by atoms with van der Waals surface area (Å²) in [7, 11) is 0. The van der Waals surface area contributed by atoms with Crippen LogP contribution in [0.15, 0.2) is 60.0 Å². The summed E-state index contributed by atoms with van der Waals surface area (Å²) in [5.41, 5.74) is 6.65.